The van der Waals surface area contributed by atoms with Crippen LogP contribution in [0.25, 0.3) is 0 Å². The Bertz CT molecular complexity index is 130. The Kier molecular flexibility index (Phi) is 7.83. The molecule has 3 nitrogen and oxygen atoms in total. The van der Waals surface area contributed by atoms with E-state index in [1.807, 2.05) is 7.05 Å². The van der Waals surface area contributed by atoms with Gasteiger partial charge in [0.05, 0.1) is 0 Å². The molecular weight excluding hydrogens is 197 g/mol. The highest BCUT2D eigenvalue weighted by Crippen LogP contribution is 2.14. The van der Waals surface area contributed by atoms with Gasteiger partial charge in [0, 0.05) is 19.7 Å². The molecule has 0 spiro atoms. The lowest BCUT2D eigenvalue weighted by Gasteiger charge is -2.07. The van der Waals surface area contributed by atoms with E-state index in [2.05, 4.69) is 15.4 Å². The molecule has 0 saturated heterocycles. The third-order valence-corrected chi connectivity index (χ3v) is 1.46. The van der Waals surface area contributed by atoms with Crippen LogP contribution in [0.4, 0.5) is 13.2 Å². The van der Waals surface area contributed by atoms with Crippen molar-refractivity contribution in [3.05, 3.63) is 0 Å². The van der Waals surface area contributed by atoms with E-state index in [4.69, 9.17) is 0 Å². The minimum absolute atomic E-state index is 0.145. The van der Waals surface area contributed by atoms with Crippen LogP contribution in [0.2, 0.25) is 0 Å². The van der Waals surface area contributed by atoms with Crippen LogP contribution in [0.1, 0.15) is 6.42 Å². The average Bonchev–Trinajstić information content (AvgIpc) is 2.08. The van der Waals surface area contributed by atoms with Crippen LogP contribution in [0.3, 0.4) is 0 Å². The SMILES string of the molecule is CNCCNCCCOCC(F)(F)F. The number of hydrogen-bond acceptors (Lipinski definition) is 3. The molecule has 0 rings (SSSR count). The summed E-state index contributed by atoms with van der Waals surface area (Å²) in [6.07, 6.45) is -3.61. The molecule has 0 unspecified atom stereocenters. The molecule has 0 aromatic carbocycles. The first-order valence-corrected chi connectivity index (χ1v) is 4.56. The van der Waals surface area contributed by atoms with Crippen LogP contribution in [-0.4, -0.2) is 46.1 Å². The van der Waals surface area contributed by atoms with Gasteiger partial charge in [0.15, 0.2) is 0 Å². The van der Waals surface area contributed by atoms with E-state index in [9.17, 15) is 13.2 Å². The predicted molar refractivity (Wildman–Crippen MR) is 48.3 cm³/mol. The van der Waals surface area contributed by atoms with Crippen LogP contribution in [0.15, 0.2) is 0 Å². The van der Waals surface area contributed by atoms with Crippen molar-refractivity contribution in [2.75, 3.05) is 39.9 Å². The molecule has 0 fully saturated rings. The molecule has 0 atom stereocenters. The fourth-order valence-corrected chi connectivity index (χ4v) is 0.826. The quantitative estimate of drug-likeness (QED) is 0.585. The molecule has 14 heavy (non-hydrogen) atoms. The summed E-state index contributed by atoms with van der Waals surface area (Å²) in [5.74, 6) is 0. The number of alkyl halides is 3. The summed E-state index contributed by atoms with van der Waals surface area (Å²) in [7, 11) is 1.84. The molecule has 0 heterocycles. The van der Waals surface area contributed by atoms with Crippen molar-refractivity contribution in [3.63, 3.8) is 0 Å². The number of ether oxygens (including phenoxy) is 1. The van der Waals surface area contributed by atoms with Crippen LogP contribution >= 0.6 is 0 Å². The summed E-state index contributed by atoms with van der Waals surface area (Å²) < 4.78 is 39.2. The van der Waals surface area contributed by atoms with Crippen molar-refractivity contribution in [2.45, 2.75) is 12.6 Å². The summed E-state index contributed by atoms with van der Waals surface area (Å²) in [5, 5.41) is 6.01. The Morgan fingerprint density at radius 2 is 1.86 bits per heavy atom. The van der Waals surface area contributed by atoms with E-state index in [0.717, 1.165) is 13.1 Å². The van der Waals surface area contributed by atoms with Crippen molar-refractivity contribution >= 4 is 0 Å². The molecule has 0 aliphatic heterocycles. The smallest absolute Gasteiger partial charge is 0.372 e. The summed E-state index contributed by atoms with van der Waals surface area (Å²) in [6, 6.07) is 0. The molecule has 0 aliphatic carbocycles. The second kappa shape index (κ2) is 8.02. The zero-order valence-corrected chi connectivity index (χ0v) is 8.28. The lowest BCUT2D eigenvalue weighted by Crippen LogP contribution is -2.26. The lowest BCUT2D eigenvalue weighted by molar-refractivity contribution is -0.173. The monoisotopic (exact) mass is 214 g/mol. The van der Waals surface area contributed by atoms with Gasteiger partial charge in [0.2, 0.25) is 0 Å². The number of nitrogens with one attached hydrogen (secondary N) is 2. The van der Waals surface area contributed by atoms with Gasteiger partial charge in [0.25, 0.3) is 0 Å². The molecule has 0 bridgehead atoms. The topological polar surface area (TPSA) is 33.3 Å². The second-order valence-corrected chi connectivity index (χ2v) is 2.87. The molecule has 0 aliphatic rings. The van der Waals surface area contributed by atoms with Gasteiger partial charge in [-0.25, -0.2) is 0 Å². The number of halogens is 3. The highest BCUT2D eigenvalue weighted by molar-refractivity contribution is 4.50. The Morgan fingerprint density at radius 3 is 2.43 bits per heavy atom. The van der Waals surface area contributed by atoms with Crippen molar-refractivity contribution in [1.29, 1.82) is 0 Å². The van der Waals surface area contributed by atoms with Gasteiger partial charge in [0.1, 0.15) is 6.61 Å². The zero-order valence-electron chi connectivity index (χ0n) is 8.28. The predicted octanol–water partition coefficient (Wildman–Crippen LogP) is 0.764. The van der Waals surface area contributed by atoms with Gasteiger partial charge in [-0.3, -0.25) is 0 Å². The van der Waals surface area contributed by atoms with Crippen molar-refractivity contribution in [3.8, 4) is 0 Å². The number of rotatable bonds is 8. The molecule has 0 aromatic rings. The minimum Gasteiger partial charge on any atom is -0.372 e. The third kappa shape index (κ3) is 11.7. The van der Waals surface area contributed by atoms with Crippen molar-refractivity contribution in [1.82, 2.24) is 10.6 Å². The summed E-state index contributed by atoms with van der Waals surface area (Å²) in [4.78, 5) is 0. The number of likely N-dealkylation sites (N-methyl/N-ethyl adjacent to an activating group) is 1. The number of hydrogen-bond donors (Lipinski definition) is 2. The fraction of sp³-hybridized carbons (Fsp3) is 1.00. The largest absolute Gasteiger partial charge is 0.411 e. The van der Waals surface area contributed by atoms with Crippen LogP contribution in [0, 0.1) is 0 Å². The molecule has 86 valence electrons. The van der Waals surface area contributed by atoms with Crippen LogP contribution in [0.5, 0.6) is 0 Å². The molecule has 6 heteroatoms. The Morgan fingerprint density at radius 1 is 1.14 bits per heavy atom. The third-order valence-electron chi connectivity index (χ3n) is 1.46. The van der Waals surface area contributed by atoms with Gasteiger partial charge in [-0.1, -0.05) is 0 Å². The highest BCUT2D eigenvalue weighted by Gasteiger charge is 2.26. The summed E-state index contributed by atoms with van der Waals surface area (Å²) in [5.41, 5.74) is 0. The Labute approximate surface area is 82.0 Å². The van der Waals surface area contributed by atoms with Crippen LogP contribution in [-0.2, 0) is 4.74 Å². The van der Waals surface area contributed by atoms with Gasteiger partial charge >= 0.3 is 6.18 Å². The van der Waals surface area contributed by atoms with Gasteiger partial charge in [-0.05, 0) is 20.0 Å². The first-order valence-electron chi connectivity index (χ1n) is 4.56. The van der Waals surface area contributed by atoms with E-state index < -0.39 is 12.8 Å². The maximum atomic E-state index is 11.6. The Hall–Kier alpha value is -0.330. The first-order chi connectivity index (χ1) is 6.56. The van der Waals surface area contributed by atoms with Gasteiger partial charge in [-0.2, -0.15) is 13.2 Å². The molecule has 0 amide bonds. The fourth-order valence-electron chi connectivity index (χ4n) is 0.826. The van der Waals surface area contributed by atoms with E-state index in [-0.39, 0.29) is 6.61 Å². The standard InChI is InChI=1S/C8H17F3N2O/c1-12-4-5-13-3-2-6-14-7-8(9,10)11/h12-13H,2-7H2,1H3. The van der Waals surface area contributed by atoms with Gasteiger partial charge < -0.3 is 15.4 Å². The molecule has 0 saturated carbocycles. The average molecular weight is 214 g/mol. The zero-order chi connectivity index (χ0) is 10.9. The lowest BCUT2D eigenvalue weighted by atomic mass is 10.4. The van der Waals surface area contributed by atoms with E-state index in [0.29, 0.717) is 13.0 Å². The summed E-state index contributed by atoms with van der Waals surface area (Å²) >= 11 is 0. The maximum Gasteiger partial charge on any atom is 0.411 e. The molecule has 2 N–H and O–H groups in total. The van der Waals surface area contributed by atoms with E-state index in [1.54, 1.807) is 0 Å². The van der Waals surface area contributed by atoms with Crippen molar-refractivity contribution in [2.24, 2.45) is 0 Å². The second-order valence-electron chi connectivity index (χ2n) is 2.87. The van der Waals surface area contributed by atoms with Crippen molar-refractivity contribution < 1.29 is 17.9 Å². The molecule has 0 aromatic heterocycles. The highest BCUT2D eigenvalue weighted by atomic mass is 19.4. The van der Waals surface area contributed by atoms with E-state index in [1.165, 1.54) is 0 Å². The van der Waals surface area contributed by atoms with Crippen LogP contribution < -0.4 is 10.6 Å². The molecular formula is C8H17F3N2O. The Balaban J connectivity index is 2.99. The maximum absolute atomic E-state index is 11.6. The molecule has 0 radical (unpaired) electrons. The normalized spacial score (nSPS) is 12.0. The first kappa shape index (κ1) is 13.7. The minimum atomic E-state index is -4.21. The van der Waals surface area contributed by atoms with Gasteiger partial charge in [-0.15, -0.1) is 0 Å². The van der Waals surface area contributed by atoms with E-state index >= 15 is 0 Å². The summed E-state index contributed by atoms with van der Waals surface area (Å²) in [6.45, 7) is 1.34.